The number of nitrogens with one attached hydrogen (secondary N) is 1. The van der Waals surface area contributed by atoms with Gasteiger partial charge in [0.25, 0.3) is 5.56 Å². The third-order valence-electron chi connectivity index (χ3n) is 4.33. The van der Waals surface area contributed by atoms with Crippen LogP contribution in [0.15, 0.2) is 20.8 Å². The molecule has 4 heterocycles. The normalized spacial score (nSPS) is 18.9. The second-order valence-electron chi connectivity index (χ2n) is 6.42. The van der Waals surface area contributed by atoms with E-state index in [4.69, 9.17) is 4.52 Å². The lowest BCUT2D eigenvalue weighted by atomic mass is 10.2. The fourth-order valence-electron chi connectivity index (χ4n) is 3.11. The van der Waals surface area contributed by atoms with Crippen molar-refractivity contribution >= 4 is 21.6 Å². The number of aromatic amines is 1. The van der Waals surface area contributed by atoms with E-state index < -0.39 is 0 Å². The standard InChI is InChI=1S/C16H19N5O2S/c1-9(2)16-19-14(20-23-16)11-4-3-6-21(11)8-12-17-10-5-7-24-13(10)15(22)18-12/h5,7,9,11H,3-4,6,8H2,1-2H3,(H,17,18,22)/t11-/m1/s1. The van der Waals surface area contributed by atoms with Crippen molar-refractivity contribution in [2.24, 2.45) is 0 Å². The van der Waals surface area contributed by atoms with Crippen molar-refractivity contribution in [3.05, 3.63) is 39.3 Å². The zero-order chi connectivity index (χ0) is 16.7. The Labute approximate surface area is 142 Å². The number of thiophene rings is 1. The predicted molar refractivity (Wildman–Crippen MR) is 91.0 cm³/mol. The van der Waals surface area contributed by atoms with Crippen molar-refractivity contribution in [3.63, 3.8) is 0 Å². The first kappa shape index (κ1) is 15.5. The first-order valence-electron chi connectivity index (χ1n) is 8.16. The molecule has 7 nitrogen and oxygen atoms in total. The van der Waals surface area contributed by atoms with Gasteiger partial charge in [-0.1, -0.05) is 19.0 Å². The van der Waals surface area contributed by atoms with Gasteiger partial charge in [0, 0.05) is 5.92 Å². The third-order valence-corrected chi connectivity index (χ3v) is 5.23. The molecule has 24 heavy (non-hydrogen) atoms. The minimum Gasteiger partial charge on any atom is -0.339 e. The van der Waals surface area contributed by atoms with Crippen LogP contribution in [0.2, 0.25) is 0 Å². The Kier molecular flexibility index (Phi) is 3.93. The van der Waals surface area contributed by atoms with Crippen LogP contribution in [0.4, 0.5) is 0 Å². The van der Waals surface area contributed by atoms with E-state index in [-0.39, 0.29) is 17.5 Å². The van der Waals surface area contributed by atoms with Crippen molar-refractivity contribution in [1.82, 2.24) is 25.0 Å². The summed E-state index contributed by atoms with van der Waals surface area (Å²) >= 11 is 1.42. The van der Waals surface area contributed by atoms with Crippen molar-refractivity contribution < 1.29 is 4.52 Å². The number of fused-ring (bicyclic) bond motifs is 1. The Morgan fingerprint density at radius 1 is 1.46 bits per heavy atom. The van der Waals surface area contributed by atoms with E-state index in [1.54, 1.807) is 0 Å². The minimum absolute atomic E-state index is 0.0672. The van der Waals surface area contributed by atoms with Gasteiger partial charge in [0.1, 0.15) is 10.5 Å². The zero-order valence-corrected chi connectivity index (χ0v) is 14.5. The number of H-pyrrole nitrogens is 1. The van der Waals surface area contributed by atoms with Gasteiger partial charge in [0.15, 0.2) is 5.82 Å². The lowest BCUT2D eigenvalue weighted by Crippen LogP contribution is -2.26. The highest BCUT2D eigenvalue weighted by Gasteiger charge is 2.31. The van der Waals surface area contributed by atoms with Gasteiger partial charge in [-0.25, -0.2) is 4.98 Å². The van der Waals surface area contributed by atoms with Gasteiger partial charge in [-0.2, -0.15) is 4.98 Å². The van der Waals surface area contributed by atoms with Gasteiger partial charge < -0.3 is 9.51 Å². The Morgan fingerprint density at radius 2 is 2.33 bits per heavy atom. The first-order valence-corrected chi connectivity index (χ1v) is 9.03. The van der Waals surface area contributed by atoms with Crippen molar-refractivity contribution in [1.29, 1.82) is 0 Å². The molecule has 0 aliphatic carbocycles. The average molecular weight is 345 g/mol. The van der Waals surface area contributed by atoms with E-state index >= 15 is 0 Å². The highest BCUT2D eigenvalue weighted by Crippen LogP contribution is 2.31. The summed E-state index contributed by atoms with van der Waals surface area (Å²) in [5.74, 6) is 2.31. The van der Waals surface area contributed by atoms with E-state index in [0.717, 1.165) is 30.7 Å². The molecule has 1 atom stereocenters. The summed E-state index contributed by atoms with van der Waals surface area (Å²) in [5.41, 5.74) is 0.693. The van der Waals surface area contributed by atoms with Gasteiger partial charge in [0.2, 0.25) is 5.89 Å². The van der Waals surface area contributed by atoms with Crippen molar-refractivity contribution in [2.75, 3.05) is 6.54 Å². The molecule has 126 valence electrons. The van der Waals surface area contributed by atoms with E-state index in [0.29, 0.717) is 23.0 Å². The number of aromatic nitrogens is 4. The maximum atomic E-state index is 12.1. The molecular formula is C16H19N5O2S. The van der Waals surface area contributed by atoms with Gasteiger partial charge >= 0.3 is 0 Å². The Morgan fingerprint density at radius 3 is 3.12 bits per heavy atom. The van der Waals surface area contributed by atoms with Crippen LogP contribution >= 0.6 is 11.3 Å². The Bertz CT molecular complexity index is 912. The van der Waals surface area contributed by atoms with E-state index in [2.05, 4.69) is 25.0 Å². The largest absolute Gasteiger partial charge is 0.339 e. The van der Waals surface area contributed by atoms with Crippen LogP contribution in [0, 0.1) is 0 Å². The average Bonchev–Trinajstić information content (AvgIpc) is 3.26. The Hall–Kier alpha value is -2.06. The maximum Gasteiger partial charge on any atom is 0.268 e. The lowest BCUT2D eigenvalue weighted by Gasteiger charge is -2.20. The summed E-state index contributed by atoms with van der Waals surface area (Å²) in [6, 6.07) is 2.00. The van der Waals surface area contributed by atoms with E-state index in [1.165, 1.54) is 11.3 Å². The fraction of sp³-hybridized carbons (Fsp3) is 0.500. The molecule has 8 heteroatoms. The maximum absolute atomic E-state index is 12.1. The molecule has 0 saturated carbocycles. The molecule has 3 aromatic rings. The van der Waals surface area contributed by atoms with Gasteiger partial charge in [0.05, 0.1) is 18.1 Å². The minimum atomic E-state index is -0.0672. The molecular weight excluding hydrogens is 326 g/mol. The molecule has 1 aliphatic heterocycles. The lowest BCUT2D eigenvalue weighted by molar-refractivity contribution is 0.228. The molecule has 0 amide bonds. The summed E-state index contributed by atoms with van der Waals surface area (Å²) in [6.45, 7) is 5.59. The molecule has 1 fully saturated rings. The number of hydrogen-bond donors (Lipinski definition) is 1. The van der Waals surface area contributed by atoms with Crippen LogP contribution < -0.4 is 5.56 Å². The quantitative estimate of drug-likeness (QED) is 0.782. The fourth-order valence-corrected chi connectivity index (χ4v) is 3.84. The molecule has 0 bridgehead atoms. The predicted octanol–water partition coefficient (Wildman–Crippen LogP) is 2.83. The highest BCUT2D eigenvalue weighted by molar-refractivity contribution is 7.17. The van der Waals surface area contributed by atoms with Crippen LogP contribution in [-0.2, 0) is 6.54 Å². The van der Waals surface area contributed by atoms with Gasteiger partial charge in [-0.15, -0.1) is 11.3 Å². The number of nitrogens with zero attached hydrogens (tertiary/aromatic N) is 4. The summed E-state index contributed by atoms with van der Waals surface area (Å²) in [7, 11) is 0. The van der Waals surface area contributed by atoms with Crippen molar-refractivity contribution in [2.45, 2.75) is 45.2 Å². The zero-order valence-electron chi connectivity index (χ0n) is 13.7. The summed E-state index contributed by atoms with van der Waals surface area (Å²) in [4.78, 5) is 26.4. The van der Waals surface area contributed by atoms with Gasteiger partial charge in [-0.05, 0) is 30.8 Å². The molecule has 1 aliphatic rings. The van der Waals surface area contributed by atoms with Crippen LogP contribution in [0.5, 0.6) is 0 Å². The summed E-state index contributed by atoms with van der Waals surface area (Å²) in [5, 5.41) is 6.04. The van der Waals surface area contributed by atoms with Crippen LogP contribution in [-0.4, -0.2) is 31.6 Å². The third kappa shape index (κ3) is 2.76. The summed E-state index contributed by atoms with van der Waals surface area (Å²) < 4.78 is 6.02. The van der Waals surface area contributed by atoms with Crippen LogP contribution in [0.1, 0.15) is 56.2 Å². The van der Waals surface area contributed by atoms with E-state index in [9.17, 15) is 4.79 Å². The number of likely N-dealkylation sites (tertiary alicyclic amines) is 1. The summed E-state index contributed by atoms with van der Waals surface area (Å²) in [6.07, 6.45) is 2.06. The molecule has 1 saturated heterocycles. The first-order chi connectivity index (χ1) is 11.6. The second-order valence-corrected chi connectivity index (χ2v) is 7.34. The van der Waals surface area contributed by atoms with Crippen LogP contribution in [0.25, 0.3) is 10.2 Å². The number of rotatable bonds is 4. The highest BCUT2D eigenvalue weighted by atomic mass is 32.1. The molecule has 3 aromatic heterocycles. The second kappa shape index (κ2) is 6.10. The SMILES string of the molecule is CC(C)c1nc([C@H]2CCCN2Cc2nc3ccsc3c(=O)[nH]2)no1. The molecule has 0 unspecified atom stereocenters. The molecule has 0 aromatic carbocycles. The monoisotopic (exact) mass is 345 g/mol. The molecule has 0 radical (unpaired) electrons. The molecule has 4 rings (SSSR count). The molecule has 1 N–H and O–H groups in total. The molecule has 0 spiro atoms. The Balaban J connectivity index is 1.58. The topological polar surface area (TPSA) is 87.9 Å². The smallest absolute Gasteiger partial charge is 0.268 e. The van der Waals surface area contributed by atoms with Crippen molar-refractivity contribution in [3.8, 4) is 0 Å². The number of hydrogen-bond acceptors (Lipinski definition) is 7. The van der Waals surface area contributed by atoms with Crippen LogP contribution in [0.3, 0.4) is 0 Å². The van der Waals surface area contributed by atoms with E-state index in [1.807, 2.05) is 25.3 Å². The van der Waals surface area contributed by atoms with Gasteiger partial charge in [-0.3, -0.25) is 9.69 Å².